The molecule has 14 nitrogen and oxygen atoms in total. The van der Waals surface area contributed by atoms with E-state index in [9.17, 15) is 39.6 Å². The minimum absolute atomic E-state index is 0. The van der Waals surface area contributed by atoms with Gasteiger partial charge in [-0.15, -0.1) is 22.7 Å². The van der Waals surface area contributed by atoms with Crippen LogP contribution in [0.15, 0.2) is 112 Å². The number of aryl methyl sites for hydroxylation is 1. The van der Waals surface area contributed by atoms with Gasteiger partial charge in [0.15, 0.2) is 10.3 Å². The highest BCUT2D eigenvalue weighted by atomic mass is 35.5. The molecule has 364 valence electrons. The molecule has 0 aliphatic carbocycles. The lowest BCUT2D eigenvalue weighted by atomic mass is 9.96. The van der Waals surface area contributed by atoms with Crippen LogP contribution in [0.2, 0.25) is 5.02 Å². The fourth-order valence-corrected chi connectivity index (χ4v) is 12.8. The maximum atomic E-state index is 13.3. The third-order valence-corrected chi connectivity index (χ3v) is 17.3. The van der Waals surface area contributed by atoms with Gasteiger partial charge in [-0.1, -0.05) is 31.2 Å². The number of rotatable bonds is 10. The van der Waals surface area contributed by atoms with Crippen LogP contribution in [0.5, 0.6) is 0 Å². The van der Waals surface area contributed by atoms with Gasteiger partial charge >= 0.3 is 6.18 Å². The number of nitrogens with one attached hydrogen (secondary N) is 2. The van der Waals surface area contributed by atoms with Gasteiger partial charge in [-0.05, 0) is 127 Å². The average Bonchev–Trinajstić information content (AvgIpc) is 4.16. The monoisotopic (exact) mass is 1040 g/mol. The summed E-state index contributed by atoms with van der Waals surface area (Å²) in [5.41, 5.74) is 5.61. The number of halogens is 4. The van der Waals surface area contributed by atoms with E-state index in [0.717, 1.165) is 48.1 Å². The van der Waals surface area contributed by atoms with Crippen molar-refractivity contribution in [1.82, 2.24) is 19.8 Å². The highest BCUT2D eigenvalue weighted by molar-refractivity contribution is 7.93. The number of hydrogen-bond donors (Lipinski definition) is 2. The third kappa shape index (κ3) is 10.8. The van der Waals surface area contributed by atoms with Crippen molar-refractivity contribution >= 4 is 87.8 Å². The summed E-state index contributed by atoms with van der Waals surface area (Å²) in [5.74, 6) is -0.0856. The van der Waals surface area contributed by atoms with E-state index in [4.69, 9.17) is 11.6 Å². The summed E-state index contributed by atoms with van der Waals surface area (Å²) in [7, 11) is -7.52. The molecule has 0 saturated carbocycles. The molecule has 2 amide bonds. The maximum Gasteiger partial charge on any atom is 0.416 e. The number of benzene rings is 4. The molecule has 4 aliphatic rings. The average molecular weight is 1040 g/mol. The van der Waals surface area contributed by atoms with E-state index in [1.165, 1.54) is 82.6 Å². The standard InChI is InChI=1S/C23H23ClN4O3S2.C23H21F3N4O3S2.CH4/c1-15-12-17-14-27(9-6-16(17)13-20(15)24)21-7-10-28(22(21)29)18-2-4-19(5-3-18)33(30,31)26-23-25-8-11-32-23;24-23(25,26)17-2-1-15-7-10-29(14-16(15)13-17)20-8-11-30(21(20)31)18-3-5-19(6-4-18)35(32,33)28-22-27-9-12-34-22;/h2-5,8,11-13,21H,6-7,9-10,14H2,1H3,(H,25,26);1-6,9,12-13,20H,7-8,10-11,14H2,(H,27,28);1H4/t21-;20-;/m00./s1. The molecule has 0 bridgehead atoms. The van der Waals surface area contributed by atoms with Crippen LogP contribution in [0.25, 0.3) is 0 Å². The van der Waals surface area contributed by atoms with E-state index >= 15 is 0 Å². The fraction of sp³-hybridized carbons (Fsp3) is 0.319. The molecule has 0 unspecified atom stereocenters. The molecule has 2 N–H and O–H groups in total. The number of thiazole rings is 2. The second kappa shape index (κ2) is 20.1. The van der Waals surface area contributed by atoms with Crippen molar-refractivity contribution in [1.29, 1.82) is 0 Å². The van der Waals surface area contributed by atoms with E-state index in [2.05, 4.69) is 30.4 Å². The Balaban J connectivity index is 0.000000184. The van der Waals surface area contributed by atoms with Crippen molar-refractivity contribution < 1.29 is 39.6 Å². The molecular formula is C47H48ClF3N8O6S4. The van der Waals surface area contributed by atoms with Crippen LogP contribution in [0.3, 0.4) is 0 Å². The Morgan fingerprint density at radius 1 is 0.638 bits per heavy atom. The lowest BCUT2D eigenvalue weighted by Crippen LogP contribution is -2.44. The van der Waals surface area contributed by atoms with Crippen molar-refractivity contribution in [2.45, 2.75) is 81.2 Å². The van der Waals surface area contributed by atoms with E-state index in [1.807, 2.05) is 17.9 Å². The first-order valence-electron chi connectivity index (χ1n) is 21.6. The maximum absolute atomic E-state index is 13.3. The Hall–Kier alpha value is -5.42. The number of fused-ring (bicyclic) bond motifs is 2. The van der Waals surface area contributed by atoms with E-state index in [1.54, 1.807) is 44.8 Å². The zero-order valence-electron chi connectivity index (χ0n) is 36.3. The van der Waals surface area contributed by atoms with Gasteiger partial charge in [-0.2, -0.15) is 13.2 Å². The number of sulfonamides is 2. The number of carbonyl (C=O) groups is 2. The van der Waals surface area contributed by atoms with Crippen molar-refractivity contribution in [2.75, 3.05) is 45.4 Å². The van der Waals surface area contributed by atoms with Gasteiger partial charge < -0.3 is 9.80 Å². The van der Waals surface area contributed by atoms with Gasteiger partial charge in [0.2, 0.25) is 11.8 Å². The molecule has 2 fully saturated rings. The molecule has 0 radical (unpaired) electrons. The summed E-state index contributed by atoms with van der Waals surface area (Å²) < 4.78 is 94.5. The van der Waals surface area contributed by atoms with Crippen LogP contribution in [0.1, 0.15) is 53.6 Å². The predicted octanol–water partition coefficient (Wildman–Crippen LogP) is 8.83. The topological polar surface area (TPSA) is 165 Å². The van der Waals surface area contributed by atoms with Crippen LogP contribution in [-0.2, 0) is 61.7 Å². The molecule has 22 heteroatoms. The number of anilines is 4. The zero-order valence-corrected chi connectivity index (χ0v) is 40.3. The Morgan fingerprint density at radius 2 is 1.10 bits per heavy atom. The molecule has 4 aromatic carbocycles. The molecule has 0 spiro atoms. The Kier molecular flexibility index (Phi) is 14.6. The highest BCUT2D eigenvalue weighted by Gasteiger charge is 2.40. The minimum Gasteiger partial charge on any atom is -0.311 e. The molecule has 6 heterocycles. The molecule has 4 aliphatic heterocycles. The Bertz CT molecular complexity index is 3050. The summed E-state index contributed by atoms with van der Waals surface area (Å²) in [6.45, 7) is 5.47. The van der Waals surface area contributed by atoms with Gasteiger partial charge in [-0.25, -0.2) is 26.8 Å². The normalized spacial score (nSPS) is 18.8. The van der Waals surface area contributed by atoms with Crippen LogP contribution < -0.4 is 19.2 Å². The minimum atomic E-state index is -4.41. The number of hydrogen-bond acceptors (Lipinski definition) is 12. The van der Waals surface area contributed by atoms with Crippen molar-refractivity contribution in [2.24, 2.45) is 0 Å². The first-order chi connectivity index (χ1) is 32.4. The Morgan fingerprint density at radius 3 is 1.55 bits per heavy atom. The van der Waals surface area contributed by atoms with Gasteiger partial charge in [-0.3, -0.25) is 28.8 Å². The second-order valence-electron chi connectivity index (χ2n) is 16.8. The molecule has 10 rings (SSSR count). The molecule has 69 heavy (non-hydrogen) atoms. The third-order valence-electron chi connectivity index (χ3n) is 12.6. The summed E-state index contributed by atoms with van der Waals surface area (Å²) in [5, 5.41) is 4.73. The molecule has 6 aromatic rings. The van der Waals surface area contributed by atoms with Gasteiger partial charge in [0, 0.05) is 78.8 Å². The quantitative estimate of drug-likeness (QED) is 0.136. The first kappa shape index (κ1) is 50.0. The largest absolute Gasteiger partial charge is 0.416 e. The van der Waals surface area contributed by atoms with E-state index in [-0.39, 0.29) is 46.8 Å². The summed E-state index contributed by atoms with van der Waals surface area (Å²) in [4.78, 5) is 42.0. The number of alkyl halides is 3. The highest BCUT2D eigenvalue weighted by Crippen LogP contribution is 2.35. The van der Waals surface area contributed by atoms with E-state index in [0.29, 0.717) is 54.5 Å². The van der Waals surface area contributed by atoms with Crippen molar-refractivity contribution in [3.05, 3.63) is 140 Å². The van der Waals surface area contributed by atoms with Crippen LogP contribution in [0.4, 0.5) is 34.8 Å². The number of nitrogens with zero attached hydrogens (tertiary/aromatic N) is 6. The predicted molar refractivity (Wildman–Crippen MR) is 263 cm³/mol. The lowest BCUT2D eigenvalue weighted by Gasteiger charge is -2.33. The van der Waals surface area contributed by atoms with E-state index < -0.39 is 37.8 Å². The Labute approximate surface area is 411 Å². The molecule has 2 aromatic heterocycles. The lowest BCUT2D eigenvalue weighted by molar-refractivity contribution is -0.137. The summed E-state index contributed by atoms with van der Waals surface area (Å²) >= 11 is 8.65. The molecule has 2 saturated heterocycles. The molecule has 2 atom stereocenters. The molecular weight excluding hydrogens is 993 g/mol. The summed E-state index contributed by atoms with van der Waals surface area (Å²) in [6.07, 6.45) is 1.36. The van der Waals surface area contributed by atoms with Gasteiger partial charge in [0.05, 0.1) is 27.4 Å². The van der Waals surface area contributed by atoms with Crippen LogP contribution in [0, 0.1) is 6.92 Å². The number of carbonyl (C=O) groups excluding carboxylic acids is 2. The fourth-order valence-electron chi connectivity index (χ4n) is 9.04. The van der Waals surface area contributed by atoms with Crippen molar-refractivity contribution in [3.63, 3.8) is 0 Å². The van der Waals surface area contributed by atoms with Crippen LogP contribution in [-0.4, -0.2) is 86.7 Å². The second-order valence-corrected chi connectivity index (χ2v) is 22.3. The number of amides is 2. The summed E-state index contributed by atoms with van der Waals surface area (Å²) in [6, 6.07) is 19.8. The van der Waals surface area contributed by atoms with Crippen molar-refractivity contribution in [3.8, 4) is 0 Å². The SMILES string of the molecule is C.Cc1cc2c(cc1Cl)CCN([C@H]1CCN(c3ccc(S(=O)(=O)Nc4nccs4)cc3)C1=O)C2.O=C1[C@@H](N2CCc3ccc(C(F)(F)F)cc3C2)CCN1c1ccc(S(=O)(=O)Nc2nccs2)cc1. The van der Waals surface area contributed by atoms with Gasteiger partial charge in [0.25, 0.3) is 20.0 Å². The smallest absolute Gasteiger partial charge is 0.311 e. The van der Waals surface area contributed by atoms with Gasteiger partial charge in [0.1, 0.15) is 0 Å². The zero-order chi connectivity index (χ0) is 48.0. The van der Waals surface area contributed by atoms with Crippen LogP contribution >= 0.6 is 34.3 Å². The number of aromatic nitrogens is 2. The first-order valence-corrected chi connectivity index (χ1v) is 26.7.